The van der Waals surface area contributed by atoms with Crippen LogP contribution in [0.4, 0.5) is 5.69 Å². The Morgan fingerprint density at radius 1 is 1.00 bits per heavy atom. The number of carbonyl (C=O) groups excluding carboxylic acids is 1. The molecule has 0 fully saturated rings. The SMILES string of the molecule is Cc1ccc(S(=O)(=O)/N=c2\ncccn2Cc2ccc(C(=O)Nc3ccc(O)cc3)cc2)cc1. The molecule has 4 aromatic rings. The molecule has 0 aliphatic carbocycles. The summed E-state index contributed by atoms with van der Waals surface area (Å²) in [6.45, 7) is 2.19. The second-order valence-electron chi connectivity index (χ2n) is 7.62. The predicted octanol–water partition coefficient (Wildman–Crippen LogP) is 3.49. The highest BCUT2D eigenvalue weighted by molar-refractivity contribution is 7.90. The van der Waals surface area contributed by atoms with E-state index < -0.39 is 10.0 Å². The van der Waals surface area contributed by atoms with Crippen LogP contribution in [0, 0.1) is 6.92 Å². The molecule has 0 saturated heterocycles. The minimum absolute atomic E-state index is 0.0530. The number of hydrogen-bond donors (Lipinski definition) is 2. The second-order valence-corrected chi connectivity index (χ2v) is 9.23. The number of carbonyl (C=O) groups is 1. The van der Waals surface area contributed by atoms with Crippen LogP contribution in [0.5, 0.6) is 5.75 Å². The maximum atomic E-state index is 12.7. The van der Waals surface area contributed by atoms with Crippen LogP contribution in [0.15, 0.2) is 101 Å². The summed E-state index contributed by atoms with van der Waals surface area (Å²) in [5.74, 6) is -0.167. The third kappa shape index (κ3) is 5.57. The van der Waals surface area contributed by atoms with Crippen LogP contribution in [0.1, 0.15) is 21.5 Å². The van der Waals surface area contributed by atoms with Gasteiger partial charge in [-0.25, -0.2) is 4.98 Å². The molecule has 1 amide bonds. The van der Waals surface area contributed by atoms with Gasteiger partial charge in [0.25, 0.3) is 15.9 Å². The lowest BCUT2D eigenvalue weighted by Crippen LogP contribution is -2.25. The molecule has 0 spiro atoms. The average molecular weight is 475 g/mol. The van der Waals surface area contributed by atoms with Gasteiger partial charge in [0.05, 0.1) is 11.4 Å². The number of aromatic hydroxyl groups is 1. The number of sulfonamides is 1. The summed E-state index contributed by atoms with van der Waals surface area (Å²) in [6.07, 6.45) is 3.18. The maximum absolute atomic E-state index is 12.7. The molecule has 0 atom stereocenters. The topological polar surface area (TPSA) is 114 Å². The van der Waals surface area contributed by atoms with Crippen LogP contribution in [-0.2, 0) is 16.6 Å². The van der Waals surface area contributed by atoms with Gasteiger partial charge in [-0.15, -0.1) is 4.40 Å². The highest BCUT2D eigenvalue weighted by atomic mass is 32.2. The van der Waals surface area contributed by atoms with E-state index in [1.807, 2.05) is 6.92 Å². The molecule has 2 N–H and O–H groups in total. The minimum atomic E-state index is -3.92. The Morgan fingerprint density at radius 2 is 1.68 bits per heavy atom. The quantitative estimate of drug-likeness (QED) is 0.415. The van der Waals surface area contributed by atoms with Gasteiger partial charge in [0.1, 0.15) is 5.75 Å². The smallest absolute Gasteiger partial charge is 0.285 e. The van der Waals surface area contributed by atoms with Crippen molar-refractivity contribution in [3.63, 3.8) is 0 Å². The summed E-state index contributed by atoms with van der Waals surface area (Å²) in [5, 5.41) is 12.1. The number of hydrogen-bond acceptors (Lipinski definition) is 5. The van der Waals surface area contributed by atoms with Crippen molar-refractivity contribution in [3.8, 4) is 5.75 Å². The van der Waals surface area contributed by atoms with Crippen molar-refractivity contribution < 1.29 is 18.3 Å². The highest BCUT2D eigenvalue weighted by Crippen LogP contribution is 2.16. The number of nitrogens with zero attached hydrogens (tertiary/aromatic N) is 3. The molecule has 172 valence electrons. The molecule has 0 aliphatic heterocycles. The molecular formula is C25H22N4O4S. The maximum Gasteiger partial charge on any atom is 0.285 e. The van der Waals surface area contributed by atoms with Gasteiger partial charge in [0, 0.05) is 23.6 Å². The summed E-state index contributed by atoms with van der Waals surface area (Å²) < 4.78 is 31.0. The van der Waals surface area contributed by atoms with Gasteiger partial charge in [-0.05, 0) is 67.1 Å². The average Bonchev–Trinajstić information content (AvgIpc) is 2.82. The Hall–Kier alpha value is -4.24. The first kappa shape index (κ1) is 22.9. The van der Waals surface area contributed by atoms with E-state index in [9.17, 15) is 18.3 Å². The number of nitrogens with one attached hydrogen (secondary N) is 1. The number of amides is 1. The molecule has 3 aromatic carbocycles. The number of rotatable bonds is 6. The van der Waals surface area contributed by atoms with Gasteiger partial charge in [-0.3, -0.25) is 4.79 Å². The number of phenols is 1. The third-order valence-corrected chi connectivity index (χ3v) is 6.29. The highest BCUT2D eigenvalue weighted by Gasteiger charge is 2.13. The number of phenolic OH excluding ortho intramolecular Hbond substituents is 1. The van der Waals surface area contributed by atoms with Crippen molar-refractivity contribution in [2.24, 2.45) is 4.40 Å². The van der Waals surface area contributed by atoms with Crippen molar-refractivity contribution in [3.05, 3.63) is 114 Å². The minimum Gasteiger partial charge on any atom is -0.508 e. The largest absolute Gasteiger partial charge is 0.508 e. The molecule has 4 rings (SSSR count). The monoisotopic (exact) mass is 474 g/mol. The van der Waals surface area contributed by atoms with E-state index in [1.165, 1.54) is 30.5 Å². The number of aromatic nitrogens is 2. The summed E-state index contributed by atoms with van der Waals surface area (Å²) in [6, 6.07) is 21.3. The van der Waals surface area contributed by atoms with Crippen molar-refractivity contribution >= 4 is 21.6 Å². The molecule has 0 saturated carbocycles. The standard InChI is InChI=1S/C25H22N4O4S/c1-18-3-13-23(14-4-18)34(32,33)28-25-26-15-2-16-29(25)17-19-5-7-20(8-6-19)24(31)27-21-9-11-22(30)12-10-21/h2-16,30H,17H2,1H3,(H,27,31)/b28-25+. The first-order valence-electron chi connectivity index (χ1n) is 10.4. The lowest BCUT2D eigenvalue weighted by atomic mass is 10.1. The van der Waals surface area contributed by atoms with Crippen LogP contribution in [0.2, 0.25) is 0 Å². The van der Waals surface area contributed by atoms with Gasteiger partial charge >= 0.3 is 0 Å². The second kappa shape index (κ2) is 9.72. The lowest BCUT2D eigenvalue weighted by Gasteiger charge is -2.09. The van der Waals surface area contributed by atoms with Gasteiger partial charge < -0.3 is 15.0 Å². The molecule has 34 heavy (non-hydrogen) atoms. The normalized spacial score (nSPS) is 11.9. The van der Waals surface area contributed by atoms with Crippen molar-refractivity contribution in [2.75, 3.05) is 5.32 Å². The van der Waals surface area contributed by atoms with Crippen LogP contribution < -0.4 is 10.9 Å². The van der Waals surface area contributed by atoms with Gasteiger partial charge in [0.15, 0.2) is 0 Å². The summed E-state index contributed by atoms with van der Waals surface area (Å²) in [4.78, 5) is 16.7. The molecule has 1 aromatic heterocycles. The molecule has 0 radical (unpaired) electrons. The fraction of sp³-hybridized carbons (Fsp3) is 0.0800. The Balaban J connectivity index is 1.53. The van der Waals surface area contributed by atoms with E-state index in [0.717, 1.165) is 11.1 Å². The van der Waals surface area contributed by atoms with Crippen molar-refractivity contribution in [2.45, 2.75) is 18.4 Å². The first-order chi connectivity index (χ1) is 16.3. The molecule has 8 nitrogen and oxygen atoms in total. The molecular weight excluding hydrogens is 452 g/mol. The molecule has 0 bridgehead atoms. The van der Waals surface area contributed by atoms with Gasteiger partial charge in [-0.2, -0.15) is 8.42 Å². The Labute approximate surface area is 197 Å². The fourth-order valence-electron chi connectivity index (χ4n) is 3.17. The zero-order chi connectivity index (χ0) is 24.1. The summed E-state index contributed by atoms with van der Waals surface area (Å²) in [5.41, 5.74) is 2.87. The molecule has 1 heterocycles. The van der Waals surface area contributed by atoms with Gasteiger partial charge in [0.2, 0.25) is 5.62 Å². The van der Waals surface area contributed by atoms with Crippen LogP contribution >= 0.6 is 0 Å². The zero-order valence-corrected chi connectivity index (χ0v) is 19.1. The van der Waals surface area contributed by atoms with E-state index in [-0.39, 0.29) is 22.2 Å². The van der Waals surface area contributed by atoms with E-state index in [2.05, 4.69) is 14.7 Å². The number of anilines is 1. The first-order valence-corrected chi connectivity index (χ1v) is 11.8. The number of benzene rings is 3. The van der Waals surface area contributed by atoms with Crippen LogP contribution in [0.3, 0.4) is 0 Å². The van der Waals surface area contributed by atoms with Gasteiger partial charge in [-0.1, -0.05) is 29.8 Å². The van der Waals surface area contributed by atoms with E-state index >= 15 is 0 Å². The number of aryl methyl sites for hydroxylation is 1. The van der Waals surface area contributed by atoms with E-state index in [4.69, 9.17) is 0 Å². The molecule has 9 heteroatoms. The zero-order valence-electron chi connectivity index (χ0n) is 18.3. The van der Waals surface area contributed by atoms with Crippen molar-refractivity contribution in [1.82, 2.24) is 9.55 Å². The summed E-state index contributed by atoms with van der Waals surface area (Å²) >= 11 is 0. The molecule has 0 unspecified atom stereocenters. The van der Waals surface area contributed by atoms with E-state index in [0.29, 0.717) is 17.8 Å². The van der Waals surface area contributed by atoms with Crippen LogP contribution in [0.25, 0.3) is 0 Å². The predicted molar refractivity (Wildman–Crippen MR) is 128 cm³/mol. The fourth-order valence-corrected chi connectivity index (χ4v) is 4.12. The third-order valence-electron chi connectivity index (χ3n) is 5.01. The Bertz CT molecular complexity index is 1480. The Morgan fingerprint density at radius 3 is 2.35 bits per heavy atom. The van der Waals surface area contributed by atoms with E-state index in [1.54, 1.807) is 65.4 Å². The van der Waals surface area contributed by atoms with Crippen LogP contribution in [-0.4, -0.2) is 29.0 Å². The Kier molecular flexibility index (Phi) is 6.55. The summed E-state index contributed by atoms with van der Waals surface area (Å²) in [7, 11) is -3.92. The van der Waals surface area contributed by atoms with Crippen molar-refractivity contribution in [1.29, 1.82) is 0 Å². The molecule has 0 aliphatic rings. The lowest BCUT2D eigenvalue weighted by molar-refractivity contribution is 0.102.